The molecular weight excluding hydrogens is 174 g/mol. The molecule has 1 N–H and O–H groups in total. The van der Waals surface area contributed by atoms with Gasteiger partial charge in [-0.2, -0.15) is 0 Å². The van der Waals surface area contributed by atoms with Gasteiger partial charge in [-0.25, -0.2) is 0 Å². The summed E-state index contributed by atoms with van der Waals surface area (Å²) in [6, 6.07) is 6.07. The highest BCUT2D eigenvalue weighted by Crippen LogP contribution is 2.16. The van der Waals surface area contributed by atoms with Gasteiger partial charge in [0.2, 0.25) is 0 Å². The lowest BCUT2D eigenvalue weighted by molar-refractivity contribution is 0.0988. The van der Waals surface area contributed by atoms with Crippen LogP contribution in [0.4, 0.5) is 0 Å². The first-order chi connectivity index (χ1) is 6.81. The van der Waals surface area contributed by atoms with Gasteiger partial charge in [0.1, 0.15) is 0 Å². The van der Waals surface area contributed by atoms with Crippen LogP contribution in [0.25, 0.3) is 0 Å². The molecule has 0 atom stereocenters. The molecule has 0 unspecified atom stereocenters. The first kappa shape index (κ1) is 9.41. The van der Waals surface area contributed by atoms with Crippen LogP contribution in [0.1, 0.15) is 34.8 Å². The summed E-state index contributed by atoms with van der Waals surface area (Å²) < 4.78 is 0. The van der Waals surface area contributed by atoms with Crippen molar-refractivity contribution in [2.45, 2.75) is 26.3 Å². The van der Waals surface area contributed by atoms with E-state index in [4.69, 9.17) is 0 Å². The molecule has 0 aliphatic carbocycles. The van der Waals surface area contributed by atoms with Crippen molar-refractivity contribution in [3.8, 4) is 0 Å². The SMILES string of the molecule is CCC(=O)c1ccc2c(c1)CCNC2. The third-order valence-corrected chi connectivity index (χ3v) is 2.74. The van der Waals surface area contributed by atoms with Gasteiger partial charge in [0, 0.05) is 18.5 Å². The Bertz CT molecular complexity index is 357. The van der Waals surface area contributed by atoms with Gasteiger partial charge in [-0.05, 0) is 30.2 Å². The highest BCUT2D eigenvalue weighted by Gasteiger charge is 2.10. The van der Waals surface area contributed by atoms with Crippen LogP contribution in [0.2, 0.25) is 0 Å². The number of ketones is 1. The second kappa shape index (κ2) is 3.93. The first-order valence-corrected chi connectivity index (χ1v) is 5.17. The predicted molar refractivity (Wildman–Crippen MR) is 56.5 cm³/mol. The molecular formula is C12H15NO. The summed E-state index contributed by atoms with van der Waals surface area (Å²) in [6.45, 7) is 3.87. The minimum atomic E-state index is 0.242. The molecule has 0 radical (unpaired) electrons. The number of benzene rings is 1. The number of Topliss-reactive ketones (excluding diaryl/α,β-unsaturated/α-hetero) is 1. The summed E-state index contributed by atoms with van der Waals surface area (Å²) in [5.74, 6) is 0.242. The summed E-state index contributed by atoms with van der Waals surface area (Å²) >= 11 is 0. The van der Waals surface area contributed by atoms with E-state index in [-0.39, 0.29) is 5.78 Å². The third-order valence-electron chi connectivity index (χ3n) is 2.74. The number of nitrogens with one attached hydrogen (secondary N) is 1. The lowest BCUT2D eigenvalue weighted by atomic mass is 9.96. The Balaban J connectivity index is 2.33. The lowest BCUT2D eigenvalue weighted by Crippen LogP contribution is -2.23. The highest BCUT2D eigenvalue weighted by molar-refractivity contribution is 5.96. The number of fused-ring (bicyclic) bond motifs is 1. The molecule has 0 amide bonds. The zero-order valence-corrected chi connectivity index (χ0v) is 8.47. The molecule has 0 saturated carbocycles. The van der Waals surface area contributed by atoms with Crippen molar-refractivity contribution in [2.24, 2.45) is 0 Å². The molecule has 2 nitrogen and oxygen atoms in total. The molecule has 0 saturated heterocycles. The van der Waals surface area contributed by atoms with E-state index in [0.29, 0.717) is 6.42 Å². The number of hydrogen-bond donors (Lipinski definition) is 1. The minimum absolute atomic E-state index is 0.242. The molecule has 0 spiro atoms. The fourth-order valence-electron chi connectivity index (χ4n) is 1.85. The Hall–Kier alpha value is -1.15. The molecule has 1 aliphatic rings. The summed E-state index contributed by atoms with van der Waals surface area (Å²) in [5, 5.41) is 3.32. The van der Waals surface area contributed by atoms with Crippen molar-refractivity contribution in [1.29, 1.82) is 0 Å². The maximum Gasteiger partial charge on any atom is 0.162 e. The summed E-state index contributed by atoms with van der Waals surface area (Å²) in [4.78, 5) is 11.5. The third kappa shape index (κ3) is 1.70. The van der Waals surface area contributed by atoms with Gasteiger partial charge < -0.3 is 5.32 Å². The van der Waals surface area contributed by atoms with E-state index in [1.54, 1.807) is 0 Å². The first-order valence-electron chi connectivity index (χ1n) is 5.17. The van der Waals surface area contributed by atoms with E-state index in [2.05, 4.69) is 17.4 Å². The maximum absolute atomic E-state index is 11.5. The maximum atomic E-state index is 11.5. The average Bonchev–Trinajstić information content (AvgIpc) is 2.27. The average molecular weight is 189 g/mol. The molecule has 1 aliphatic heterocycles. The highest BCUT2D eigenvalue weighted by atomic mass is 16.1. The number of hydrogen-bond acceptors (Lipinski definition) is 2. The molecule has 1 aromatic rings. The van der Waals surface area contributed by atoms with Crippen LogP contribution in [0.5, 0.6) is 0 Å². The van der Waals surface area contributed by atoms with Crippen molar-refractivity contribution in [3.05, 3.63) is 34.9 Å². The van der Waals surface area contributed by atoms with Crippen LogP contribution < -0.4 is 5.32 Å². The fraction of sp³-hybridized carbons (Fsp3) is 0.417. The monoisotopic (exact) mass is 189 g/mol. The Labute approximate surface area is 84.3 Å². The normalized spacial score (nSPS) is 14.9. The Kier molecular flexibility index (Phi) is 2.64. The van der Waals surface area contributed by atoms with E-state index >= 15 is 0 Å². The van der Waals surface area contributed by atoms with Gasteiger partial charge in [-0.1, -0.05) is 19.1 Å². The van der Waals surface area contributed by atoms with Gasteiger partial charge >= 0.3 is 0 Å². The molecule has 0 fully saturated rings. The van der Waals surface area contributed by atoms with E-state index in [1.165, 1.54) is 11.1 Å². The van der Waals surface area contributed by atoms with Crippen molar-refractivity contribution >= 4 is 5.78 Å². The Morgan fingerprint density at radius 2 is 2.29 bits per heavy atom. The Morgan fingerprint density at radius 1 is 1.43 bits per heavy atom. The smallest absolute Gasteiger partial charge is 0.162 e. The molecule has 1 aromatic carbocycles. The quantitative estimate of drug-likeness (QED) is 0.720. The van der Waals surface area contributed by atoms with Gasteiger partial charge in [0.15, 0.2) is 5.78 Å². The largest absolute Gasteiger partial charge is 0.312 e. The standard InChI is InChI=1S/C12H15NO/c1-2-12(14)10-3-4-11-8-13-6-5-9(11)7-10/h3-4,7,13H,2,5-6,8H2,1H3. The van der Waals surface area contributed by atoms with Crippen LogP contribution in [0.3, 0.4) is 0 Å². The minimum Gasteiger partial charge on any atom is -0.312 e. The van der Waals surface area contributed by atoms with E-state index in [0.717, 1.165) is 25.1 Å². The molecule has 1 heterocycles. The van der Waals surface area contributed by atoms with Crippen molar-refractivity contribution < 1.29 is 4.79 Å². The number of rotatable bonds is 2. The summed E-state index contributed by atoms with van der Waals surface area (Å²) in [7, 11) is 0. The second-order valence-corrected chi connectivity index (χ2v) is 3.69. The Morgan fingerprint density at radius 3 is 3.07 bits per heavy atom. The molecule has 2 rings (SSSR count). The van der Waals surface area contributed by atoms with Gasteiger partial charge in [-0.15, -0.1) is 0 Å². The summed E-state index contributed by atoms with van der Waals surface area (Å²) in [6.07, 6.45) is 1.64. The number of carbonyl (C=O) groups excluding carboxylic acids is 1. The van der Waals surface area contributed by atoms with E-state index < -0.39 is 0 Å². The molecule has 74 valence electrons. The van der Waals surface area contributed by atoms with Crippen LogP contribution in [-0.4, -0.2) is 12.3 Å². The molecule has 0 bridgehead atoms. The lowest BCUT2D eigenvalue weighted by Gasteiger charge is -2.17. The van der Waals surface area contributed by atoms with E-state index in [9.17, 15) is 4.79 Å². The van der Waals surface area contributed by atoms with Crippen molar-refractivity contribution in [3.63, 3.8) is 0 Å². The fourth-order valence-corrected chi connectivity index (χ4v) is 1.85. The van der Waals surface area contributed by atoms with Crippen LogP contribution in [0.15, 0.2) is 18.2 Å². The molecule has 2 heteroatoms. The zero-order chi connectivity index (χ0) is 9.97. The van der Waals surface area contributed by atoms with Crippen LogP contribution in [0, 0.1) is 0 Å². The van der Waals surface area contributed by atoms with Crippen LogP contribution >= 0.6 is 0 Å². The second-order valence-electron chi connectivity index (χ2n) is 3.69. The van der Waals surface area contributed by atoms with E-state index in [1.807, 2.05) is 13.0 Å². The number of carbonyl (C=O) groups is 1. The zero-order valence-electron chi connectivity index (χ0n) is 8.47. The molecule has 14 heavy (non-hydrogen) atoms. The van der Waals surface area contributed by atoms with Crippen molar-refractivity contribution in [2.75, 3.05) is 6.54 Å². The molecule has 0 aromatic heterocycles. The van der Waals surface area contributed by atoms with Gasteiger partial charge in [-0.3, -0.25) is 4.79 Å². The van der Waals surface area contributed by atoms with Crippen molar-refractivity contribution in [1.82, 2.24) is 5.32 Å². The van der Waals surface area contributed by atoms with Crippen LogP contribution in [-0.2, 0) is 13.0 Å². The topological polar surface area (TPSA) is 29.1 Å². The van der Waals surface area contributed by atoms with Gasteiger partial charge in [0.25, 0.3) is 0 Å². The summed E-state index contributed by atoms with van der Waals surface area (Å²) in [5.41, 5.74) is 3.54. The van der Waals surface area contributed by atoms with Gasteiger partial charge in [0.05, 0.1) is 0 Å². The predicted octanol–water partition coefficient (Wildman–Crippen LogP) is 1.93.